The summed E-state index contributed by atoms with van der Waals surface area (Å²) in [4.78, 5) is 2.50. The maximum atomic E-state index is 6.20. The highest BCUT2D eigenvalue weighted by Gasteiger charge is 2.35. The third-order valence-corrected chi connectivity index (χ3v) is 6.91. The lowest BCUT2D eigenvalue weighted by Gasteiger charge is -2.40. The molecule has 2 aromatic carbocycles. The first-order valence-electron chi connectivity index (χ1n) is 12.6. The van der Waals surface area contributed by atoms with Crippen LogP contribution in [0, 0.1) is 20.8 Å². The van der Waals surface area contributed by atoms with Gasteiger partial charge < -0.3 is 14.2 Å². The number of ether oxygens (including phenoxy) is 3. The smallest absolute Gasteiger partial charge is 0.122 e. The Morgan fingerprint density at radius 3 is 2.37 bits per heavy atom. The molecule has 0 amide bonds. The molecule has 6 heteroatoms. The highest BCUT2D eigenvalue weighted by Crippen LogP contribution is 2.29. The third kappa shape index (κ3) is 7.09. The number of hydrogen-bond acceptors (Lipinski definition) is 5. The van der Waals surface area contributed by atoms with Crippen LogP contribution in [-0.2, 0) is 17.8 Å². The highest BCUT2D eigenvalue weighted by atomic mass is 16.5. The molecule has 188 valence electrons. The number of piperidine rings is 1. The third-order valence-electron chi connectivity index (χ3n) is 6.91. The molecule has 0 saturated carbocycles. The average Bonchev–Trinajstić information content (AvgIpc) is 3.28. The van der Waals surface area contributed by atoms with Gasteiger partial charge in [0, 0.05) is 45.9 Å². The fourth-order valence-electron chi connectivity index (χ4n) is 4.65. The summed E-state index contributed by atoms with van der Waals surface area (Å²) in [6.45, 7) is 11.3. The lowest BCUT2D eigenvalue weighted by Crippen LogP contribution is -2.48. The van der Waals surface area contributed by atoms with Crippen molar-refractivity contribution < 1.29 is 14.2 Å². The van der Waals surface area contributed by atoms with Crippen LogP contribution in [0.1, 0.15) is 41.5 Å². The summed E-state index contributed by atoms with van der Waals surface area (Å²) in [5.74, 6) is 1.87. The Balaban J connectivity index is 1.19. The van der Waals surface area contributed by atoms with Gasteiger partial charge in [0.1, 0.15) is 23.7 Å². The Kier molecular flexibility index (Phi) is 8.47. The van der Waals surface area contributed by atoms with Gasteiger partial charge in [-0.1, -0.05) is 29.8 Å². The number of methoxy groups -OCH3 is 1. The van der Waals surface area contributed by atoms with E-state index in [1.807, 2.05) is 18.0 Å². The number of likely N-dealkylation sites (tertiary alicyclic amines) is 1. The predicted octanol–water partition coefficient (Wildman–Crippen LogP) is 5.34. The molecule has 6 nitrogen and oxygen atoms in total. The van der Waals surface area contributed by atoms with Gasteiger partial charge in [-0.3, -0.25) is 9.58 Å². The normalized spacial score (nSPS) is 15.8. The van der Waals surface area contributed by atoms with E-state index in [9.17, 15) is 0 Å². The molecule has 1 aliphatic heterocycles. The summed E-state index contributed by atoms with van der Waals surface area (Å²) < 4.78 is 20.1. The van der Waals surface area contributed by atoms with E-state index in [0.717, 1.165) is 56.9 Å². The van der Waals surface area contributed by atoms with Crippen LogP contribution in [-0.4, -0.2) is 53.7 Å². The van der Waals surface area contributed by atoms with Gasteiger partial charge in [0.15, 0.2) is 0 Å². The Bertz CT molecular complexity index is 1070. The fourth-order valence-corrected chi connectivity index (χ4v) is 4.65. The predicted molar refractivity (Wildman–Crippen MR) is 139 cm³/mol. The first-order chi connectivity index (χ1) is 16.9. The van der Waals surface area contributed by atoms with Crippen LogP contribution in [0.4, 0.5) is 0 Å². The van der Waals surface area contributed by atoms with E-state index in [-0.39, 0.29) is 5.60 Å². The molecule has 0 N–H and O–H groups in total. The van der Waals surface area contributed by atoms with Crippen LogP contribution >= 0.6 is 0 Å². The second kappa shape index (κ2) is 11.7. The fraction of sp³-hybridized carbons (Fsp3) is 0.483. The number of benzene rings is 2. The SMILES string of the molecule is COC1(COc2ccc(C)cc2C)CCN(Cc2ccc(OCCCn3cc(C)cn3)cc2)CC1. The molecule has 1 aliphatic rings. The molecule has 0 spiro atoms. The van der Waals surface area contributed by atoms with E-state index in [4.69, 9.17) is 14.2 Å². The van der Waals surface area contributed by atoms with Gasteiger partial charge in [-0.2, -0.15) is 5.10 Å². The van der Waals surface area contributed by atoms with E-state index in [0.29, 0.717) is 13.2 Å². The van der Waals surface area contributed by atoms with Gasteiger partial charge in [0.25, 0.3) is 0 Å². The van der Waals surface area contributed by atoms with Crippen LogP contribution in [0.15, 0.2) is 54.9 Å². The van der Waals surface area contributed by atoms with Gasteiger partial charge in [-0.15, -0.1) is 0 Å². The van der Waals surface area contributed by atoms with Crippen molar-refractivity contribution in [2.75, 3.05) is 33.4 Å². The average molecular weight is 478 g/mol. The van der Waals surface area contributed by atoms with Crippen LogP contribution in [0.25, 0.3) is 0 Å². The molecule has 1 fully saturated rings. The number of aromatic nitrogens is 2. The summed E-state index contributed by atoms with van der Waals surface area (Å²) in [6.07, 6.45) is 6.81. The topological polar surface area (TPSA) is 48.8 Å². The van der Waals surface area contributed by atoms with E-state index in [1.54, 1.807) is 0 Å². The second-order valence-electron chi connectivity index (χ2n) is 9.85. The van der Waals surface area contributed by atoms with Gasteiger partial charge >= 0.3 is 0 Å². The second-order valence-corrected chi connectivity index (χ2v) is 9.85. The Labute approximate surface area is 209 Å². The summed E-state index contributed by atoms with van der Waals surface area (Å²) in [5.41, 5.74) is 4.70. The van der Waals surface area contributed by atoms with E-state index in [1.165, 1.54) is 22.3 Å². The maximum Gasteiger partial charge on any atom is 0.122 e. The molecule has 0 atom stereocenters. The van der Waals surface area contributed by atoms with Crippen LogP contribution in [0.2, 0.25) is 0 Å². The summed E-state index contributed by atoms with van der Waals surface area (Å²) in [5, 5.41) is 4.31. The minimum atomic E-state index is -0.222. The molecular weight excluding hydrogens is 438 g/mol. The van der Waals surface area contributed by atoms with Crippen molar-refractivity contribution in [3.05, 3.63) is 77.1 Å². The molecule has 0 bridgehead atoms. The molecule has 0 radical (unpaired) electrons. The van der Waals surface area contributed by atoms with E-state index in [2.05, 4.69) is 79.4 Å². The Morgan fingerprint density at radius 1 is 0.943 bits per heavy atom. The first-order valence-corrected chi connectivity index (χ1v) is 12.6. The Hall–Kier alpha value is -2.83. The van der Waals surface area contributed by atoms with E-state index >= 15 is 0 Å². The van der Waals surface area contributed by atoms with Crippen molar-refractivity contribution in [1.29, 1.82) is 0 Å². The van der Waals surface area contributed by atoms with Crippen molar-refractivity contribution in [2.24, 2.45) is 0 Å². The van der Waals surface area contributed by atoms with Gasteiger partial charge in [0.05, 0.1) is 12.8 Å². The zero-order valence-corrected chi connectivity index (χ0v) is 21.6. The standard InChI is InChI=1S/C29H39N3O3/c1-23-6-11-28(25(3)18-23)35-22-29(33-4)12-15-31(16-13-29)21-26-7-9-27(10-8-26)34-17-5-14-32-20-24(2)19-30-32/h6-11,18-20H,5,12-17,21-22H2,1-4H3. The van der Waals surface area contributed by atoms with Crippen LogP contribution in [0.3, 0.4) is 0 Å². The number of hydrogen-bond donors (Lipinski definition) is 0. The van der Waals surface area contributed by atoms with Crippen molar-refractivity contribution in [3.63, 3.8) is 0 Å². The van der Waals surface area contributed by atoms with E-state index < -0.39 is 0 Å². The van der Waals surface area contributed by atoms with Gasteiger partial charge in [-0.25, -0.2) is 0 Å². The molecule has 0 unspecified atom stereocenters. The molecular formula is C29H39N3O3. The molecule has 1 saturated heterocycles. The van der Waals surface area contributed by atoms with Crippen LogP contribution < -0.4 is 9.47 Å². The summed E-state index contributed by atoms with van der Waals surface area (Å²) in [7, 11) is 1.82. The minimum absolute atomic E-state index is 0.222. The monoisotopic (exact) mass is 477 g/mol. The van der Waals surface area contributed by atoms with Crippen molar-refractivity contribution >= 4 is 0 Å². The summed E-state index contributed by atoms with van der Waals surface area (Å²) in [6, 6.07) is 14.8. The zero-order valence-electron chi connectivity index (χ0n) is 21.6. The summed E-state index contributed by atoms with van der Waals surface area (Å²) >= 11 is 0. The molecule has 0 aliphatic carbocycles. The lowest BCUT2D eigenvalue weighted by molar-refractivity contribution is -0.0840. The molecule has 4 rings (SSSR count). The van der Waals surface area contributed by atoms with Crippen molar-refractivity contribution in [3.8, 4) is 11.5 Å². The Morgan fingerprint density at radius 2 is 1.71 bits per heavy atom. The van der Waals surface area contributed by atoms with Gasteiger partial charge in [0.2, 0.25) is 0 Å². The first kappa shape index (κ1) is 25.3. The quantitative estimate of drug-likeness (QED) is 0.349. The molecule has 2 heterocycles. The number of rotatable bonds is 11. The zero-order chi connectivity index (χ0) is 24.7. The van der Waals surface area contributed by atoms with Gasteiger partial charge in [-0.05, 0) is 68.5 Å². The number of nitrogens with zero attached hydrogens (tertiary/aromatic N) is 3. The molecule has 3 aromatic rings. The lowest BCUT2D eigenvalue weighted by atomic mass is 9.91. The van der Waals surface area contributed by atoms with Crippen LogP contribution in [0.5, 0.6) is 11.5 Å². The minimum Gasteiger partial charge on any atom is -0.494 e. The van der Waals surface area contributed by atoms with Crippen molar-refractivity contribution in [1.82, 2.24) is 14.7 Å². The number of aryl methyl sites for hydroxylation is 4. The highest BCUT2D eigenvalue weighted by molar-refractivity contribution is 5.35. The molecule has 35 heavy (non-hydrogen) atoms. The maximum absolute atomic E-state index is 6.20. The van der Waals surface area contributed by atoms with Crippen molar-refractivity contribution in [2.45, 2.75) is 58.7 Å². The molecule has 1 aromatic heterocycles. The largest absolute Gasteiger partial charge is 0.494 e.